The Labute approximate surface area is 120 Å². The van der Waals surface area contributed by atoms with Crippen molar-refractivity contribution in [3.8, 4) is 5.75 Å². The summed E-state index contributed by atoms with van der Waals surface area (Å²) in [5.41, 5.74) is 1.31. The molecule has 0 aliphatic rings. The molecule has 0 fully saturated rings. The molecule has 1 heterocycles. The van der Waals surface area contributed by atoms with Crippen molar-refractivity contribution in [1.82, 2.24) is 9.88 Å². The number of nitrogens with zero attached hydrogens (tertiary/aromatic N) is 2. The van der Waals surface area contributed by atoms with E-state index in [4.69, 9.17) is 11.6 Å². The zero-order chi connectivity index (χ0) is 14.0. The number of phenolic OH excluding ortho intramolecular Hbond substituents is 1. The molecule has 19 heavy (non-hydrogen) atoms. The van der Waals surface area contributed by atoms with Crippen molar-refractivity contribution in [2.75, 3.05) is 7.05 Å². The highest BCUT2D eigenvalue weighted by molar-refractivity contribution is 7.09. The fraction of sp³-hybridized carbons (Fsp3) is 0.231. The van der Waals surface area contributed by atoms with Crippen molar-refractivity contribution < 1.29 is 9.90 Å². The zero-order valence-corrected chi connectivity index (χ0v) is 12.1. The Kier molecular flexibility index (Phi) is 4.07. The Balaban J connectivity index is 2.12. The van der Waals surface area contributed by atoms with Crippen LogP contribution >= 0.6 is 22.9 Å². The molecule has 1 aromatic carbocycles. The van der Waals surface area contributed by atoms with Crippen LogP contribution in [0, 0.1) is 6.92 Å². The molecule has 2 rings (SSSR count). The van der Waals surface area contributed by atoms with E-state index in [2.05, 4.69) is 4.98 Å². The summed E-state index contributed by atoms with van der Waals surface area (Å²) >= 11 is 7.35. The van der Waals surface area contributed by atoms with Gasteiger partial charge in [-0.3, -0.25) is 4.79 Å². The lowest BCUT2D eigenvalue weighted by molar-refractivity contribution is 0.0783. The minimum Gasteiger partial charge on any atom is -0.506 e. The van der Waals surface area contributed by atoms with Crippen LogP contribution in [0.3, 0.4) is 0 Å². The highest BCUT2D eigenvalue weighted by Gasteiger charge is 2.14. The van der Waals surface area contributed by atoms with Gasteiger partial charge in [0.15, 0.2) is 0 Å². The van der Waals surface area contributed by atoms with Gasteiger partial charge in [-0.2, -0.15) is 0 Å². The van der Waals surface area contributed by atoms with E-state index in [1.54, 1.807) is 29.4 Å². The van der Waals surface area contributed by atoms with E-state index in [-0.39, 0.29) is 16.7 Å². The van der Waals surface area contributed by atoms with Crippen LogP contribution in [0.5, 0.6) is 5.75 Å². The molecule has 100 valence electrons. The molecule has 0 spiro atoms. The summed E-state index contributed by atoms with van der Waals surface area (Å²) < 4.78 is 0. The van der Waals surface area contributed by atoms with Gasteiger partial charge >= 0.3 is 0 Å². The maximum atomic E-state index is 12.2. The molecule has 4 nitrogen and oxygen atoms in total. The average molecular weight is 297 g/mol. The van der Waals surface area contributed by atoms with Crippen LogP contribution < -0.4 is 0 Å². The fourth-order valence-electron chi connectivity index (χ4n) is 1.66. The normalized spacial score (nSPS) is 10.5. The summed E-state index contributed by atoms with van der Waals surface area (Å²) in [6, 6.07) is 4.42. The molecule has 0 saturated heterocycles. The van der Waals surface area contributed by atoms with Gasteiger partial charge in [0.05, 0.1) is 22.3 Å². The van der Waals surface area contributed by atoms with Crippen LogP contribution in [0.1, 0.15) is 21.1 Å². The Hall–Kier alpha value is -1.59. The third-order valence-corrected chi connectivity index (χ3v) is 3.73. The number of rotatable bonds is 3. The minimum atomic E-state index is -0.160. The van der Waals surface area contributed by atoms with E-state index in [1.807, 2.05) is 12.3 Å². The quantitative estimate of drug-likeness (QED) is 0.947. The first-order valence-electron chi connectivity index (χ1n) is 5.62. The number of aryl methyl sites for hydroxylation is 1. The lowest BCUT2D eigenvalue weighted by Gasteiger charge is -2.16. The lowest BCUT2D eigenvalue weighted by atomic mass is 10.2. The molecule has 0 saturated carbocycles. The highest BCUT2D eigenvalue weighted by atomic mass is 35.5. The number of aromatic nitrogens is 1. The van der Waals surface area contributed by atoms with Crippen LogP contribution in [0.25, 0.3) is 0 Å². The molecule has 0 bridgehead atoms. The van der Waals surface area contributed by atoms with E-state index in [0.29, 0.717) is 12.1 Å². The first-order chi connectivity index (χ1) is 8.97. The summed E-state index contributed by atoms with van der Waals surface area (Å²) in [4.78, 5) is 18.1. The van der Waals surface area contributed by atoms with E-state index in [1.165, 1.54) is 12.1 Å². The molecule has 1 N–H and O–H groups in total. The van der Waals surface area contributed by atoms with Crippen molar-refractivity contribution in [3.05, 3.63) is 44.9 Å². The number of halogens is 1. The van der Waals surface area contributed by atoms with Gasteiger partial charge in [0.25, 0.3) is 5.91 Å². The largest absolute Gasteiger partial charge is 0.506 e. The van der Waals surface area contributed by atoms with Crippen molar-refractivity contribution in [2.24, 2.45) is 0 Å². The summed E-state index contributed by atoms with van der Waals surface area (Å²) in [6.07, 6.45) is 0. The van der Waals surface area contributed by atoms with Gasteiger partial charge in [-0.1, -0.05) is 11.6 Å². The van der Waals surface area contributed by atoms with Gasteiger partial charge in [0.2, 0.25) is 0 Å². The standard InChI is InChI=1S/C13H13ClN2O2S/c1-8-15-10(7-19-8)6-16(2)13(18)9-3-4-12(17)11(14)5-9/h3-5,7,17H,6H2,1-2H3. The second-order valence-corrected chi connectivity index (χ2v) is 5.65. The fourth-order valence-corrected chi connectivity index (χ4v) is 2.44. The number of amides is 1. The number of phenols is 1. The third kappa shape index (κ3) is 3.24. The van der Waals surface area contributed by atoms with E-state index < -0.39 is 0 Å². The SMILES string of the molecule is Cc1nc(CN(C)C(=O)c2ccc(O)c(Cl)c2)cs1. The lowest BCUT2D eigenvalue weighted by Crippen LogP contribution is -2.26. The summed E-state index contributed by atoms with van der Waals surface area (Å²) in [5.74, 6) is -0.191. The molecule has 0 atom stereocenters. The van der Waals surface area contributed by atoms with Gasteiger partial charge in [-0.05, 0) is 25.1 Å². The molecule has 6 heteroatoms. The Morgan fingerprint density at radius 1 is 1.53 bits per heavy atom. The topological polar surface area (TPSA) is 53.4 Å². The Bertz CT molecular complexity index is 612. The minimum absolute atomic E-state index is 0.0315. The van der Waals surface area contributed by atoms with Crippen LogP contribution in [0.15, 0.2) is 23.6 Å². The van der Waals surface area contributed by atoms with Crippen molar-refractivity contribution >= 4 is 28.8 Å². The van der Waals surface area contributed by atoms with Gasteiger partial charge in [0, 0.05) is 18.0 Å². The molecule has 0 aliphatic heterocycles. The number of hydrogen-bond acceptors (Lipinski definition) is 4. The number of carbonyl (C=O) groups is 1. The maximum absolute atomic E-state index is 12.2. The van der Waals surface area contributed by atoms with Crippen molar-refractivity contribution in [3.63, 3.8) is 0 Å². The molecule has 0 unspecified atom stereocenters. The Morgan fingerprint density at radius 2 is 2.26 bits per heavy atom. The second kappa shape index (κ2) is 5.59. The van der Waals surface area contributed by atoms with Crippen LogP contribution in [0.4, 0.5) is 0 Å². The number of carbonyl (C=O) groups excluding carboxylic acids is 1. The summed E-state index contributed by atoms with van der Waals surface area (Å²) in [5, 5.41) is 12.4. The van der Waals surface area contributed by atoms with Crippen LogP contribution in [-0.2, 0) is 6.54 Å². The van der Waals surface area contributed by atoms with E-state index in [0.717, 1.165) is 10.7 Å². The summed E-state index contributed by atoms with van der Waals surface area (Å²) in [6.45, 7) is 2.37. The van der Waals surface area contributed by atoms with Crippen molar-refractivity contribution in [1.29, 1.82) is 0 Å². The molecule has 2 aromatic rings. The van der Waals surface area contributed by atoms with Gasteiger partial charge < -0.3 is 10.0 Å². The molecular formula is C13H13ClN2O2S. The molecule has 1 amide bonds. The smallest absolute Gasteiger partial charge is 0.254 e. The van der Waals surface area contributed by atoms with Crippen LogP contribution in [0.2, 0.25) is 5.02 Å². The molecule has 0 radical (unpaired) electrons. The molecule has 1 aromatic heterocycles. The highest BCUT2D eigenvalue weighted by Crippen LogP contribution is 2.24. The van der Waals surface area contributed by atoms with Gasteiger partial charge in [-0.15, -0.1) is 11.3 Å². The van der Waals surface area contributed by atoms with Crippen molar-refractivity contribution in [2.45, 2.75) is 13.5 Å². The van der Waals surface area contributed by atoms with E-state index in [9.17, 15) is 9.90 Å². The van der Waals surface area contributed by atoms with E-state index >= 15 is 0 Å². The number of benzene rings is 1. The summed E-state index contributed by atoms with van der Waals surface area (Å²) in [7, 11) is 1.71. The number of thiazole rings is 1. The predicted octanol–water partition coefficient (Wildman–Crippen LogP) is 3.08. The van der Waals surface area contributed by atoms with Gasteiger partial charge in [-0.25, -0.2) is 4.98 Å². The average Bonchev–Trinajstić information content (AvgIpc) is 2.77. The number of hydrogen-bond donors (Lipinski definition) is 1. The zero-order valence-electron chi connectivity index (χ0n) is 10.6. The maximum Gasteiger partial charge on any atom is 0.254 e. The molecular weight excluding hydrogens is 284 g/mol. The first kappa shape index (κ1) is 13.8. The first-order valence-corrected chi connectivity index (χ1v) is 6.88. The van der Waals surface area contributed by atoms with Gasteiger partial charge in [0.1, 0.15) is 5.75 Å². The van der Waals surface area contributed by atoms with Crippen LogP contribution in [-0.4, -0.2) is 27.9 Å². The predicted molar refractivity (Wildman–Crippen MR) is 75.8 cm³/mol. The third-order valence-electron chi connectivity index (χ3n) is 2.61. The molecule has 0 aliphatic carbocycles. The number of aromatic hydroxyl groups is 1. The Morgan fingerprint density at radius 3 is 2.84 bits per heavy atom. The second-order valence-electron chi connectivity index (χ2n) is 4.19. The monoisotopic (exact) mass is 296 g/mol.